The minimum Gasteiger partial charge on any atom is -0.326 e. The Bertz CT molecular complexity index is 468. The summed E-state index contributed by atoms with van der Waals surface area (Å²) in [5.41, 5.74) is 6.35. The van der Waals surface area contributed by atoms with Gasteiger partial charge in [-0.25, -0.2) is 12.7 Å². The molecule has 104 valence electrons. The molecule has 0 unspecified atom stereocenters. The highest BCUT2D eigenvalue weighted by atomic mass is 32.2. The number of nitrogens with two attached hydrogens (primary N) is 1. The molecule has 1 heterocycles. The number of thiophene rings is 1. The number of sulfonamides is 1. The van der Waals surface area contributed by atoms with E-state index in [0.29, 0.717) is 17.3 Å². The lowest BCUT2D eigenvalue weighted by Gasteiger charge is -2.17. The van der Waals surface area contributed by atoms with E-state index in [1.807, 2.05) is 19.0 Å². The third-order valence-corrected chi connectivity index (χ3v) is 5.93. The molecule has 0 aliphatic carbocycles. The van der Waals surface area contributed by atoms with Crippen molar-refractivity contribution < 1.29 is 8.42 Å². The van der Waals surface area contributed by atoms with E-state index in [4.69, 9.17) is 5.73 Å². The van der Waals surface area contributed by atoms with E-state index < -0.39 is 10.0 Å². The first kappa shape index (κ1) is 15.6. The van der Waals surface area contributed by atoms with Crippen LogP contribution in [0.3, 0.4) is 0 Å². The van der Waals surface area contributed by atoms with Gasteiger partial charge in [0.25, 0.3) is 10.0 Å². The van der Waals surface area contributed by atoms with Gasteiger partial charge in [0.1, 0.15) is 4.21 Å². The maximum atomic E-state index is 12.2. The predicted octanol–water partition coefficient (Wildman–Crippen LogP) is 0.779. The summed E-state index contributed by atoms with van der Waals surface area (Å²) in [7, 11) is 2.22. The summed E-state index contributed by atoms with van der Waals surface area (Å²) in [4.78, 5) is 2.04. The molecule has 18 heavy (non-hydrogen) atoms. The van der Waals surface area contributed by atoms with Crippen LogP contribution >= 0.6 is 11.3 Å². The summed E-state index contributed by atoms with van der Waals surface area (Å²) in [6.07, 6.45) is 0.817. The van der Waals surface area contributed by atoms with Crippen molar-refractivity contribution in [1.29, 1.82) is 0 Å². The molecule has 0 spiro atoms. The van der Waals surface area contributed by atoms with Crippen LogP contribution in [0.15, 0.2) is 15.7 Å². The topological polar surface area (TPSA) is 66.6 Å². The molecule has 2 N–H and O–H groups in total. The van der Waals surface area contributed by atoms with Gasteiger partial charge in [-0.05, 0) is 44.1 Å². The summed E-state index contributed by atoms with van der Waals surface area (Å²) in [6, 6.07) is 1.66. The van der Waals surface area contributed by atoms with Crippen LogP contribution in [0.5, 0.6) is 0 Å². The highest BCUT2D eigenvalue weighted by Crippen LogP contribution is 2.23. The van der Waals surface area contributed by atoms with Gasteiger partial charge in [0, 0.05) is 20.1 Å². The molecule has 0 saturated carbocycles. The van der Waals surface area contributed by atoms with E-state index in [-0.39, 0.29) is 0 Å². The van der Waals surface area contributed by atoms with Crippen LogP contribution in [0.2, 0.25) is 0 Å². The molecular formula is C11H21N3O2S2. The van der Waals surface area contributed by atoms with Crippen molar-refractivity contribution in [3.63, 3.8) is 0 Å². The molecule has 5 nitrogen and oxygen atoms in total. The Morgan fingerprint density at radius 3 is 2.44 bits per heavy atom. The first-order chi connectivity index (χ1) is 8.37. The number of rotatable bonds is 7. The quantitative estimate of drug-likeness (QED) is 0.806. The highest BCUT2D eigenvalue weighted by Gasteiger charge is 2.22. The van der Waals surface area contributed by atoms with Gasteiger partial charge in [0.2, 0.25) is 0 Å². The van der Waals surface area contributed by atoms with E-state index in [1.54, 1.807) is 18.5 Å². The Hall–Kier alpha value is -0.470. The zero-order chi connectivity index (χ0) is 13.8. The smallest absolute Gasteiger partial charge is 0.252 e. The molecule has 0 fully saturated rings. The van der Waals surface area contributed by atoms with Crippen LogP contribution in [0.1, 0.15) is 12.0 Å². The maximum absolute atomic E-state index is 12.2. The second-order valence-corrected chi connectivity index (χ2v) is 7.64. The Balaban J connectivity index is 2.67. The maximum Gasteiger partial charge on any atom is 0.252 e. The fourth-order valence-corrected chi connectivity index (χ4v) is 4.12. The molecule has 0 amide bonds. The van der Waals surface area contributed by atoms with Gasteiger partial charge in [0.15, 0.2) is 0 Å². The third kappa shape index (κ3) is 4.03. The molecule has 0 aromatic carbocycles. The fourth-order valence-electron chi connectivity index (χ4n) is 1.48. The van der Waals surface area contributed by atoms with Gasteiger partial charge in [-0.2, -0.15) is 0 Å². The molecule has 1 rings (SSSR count). The number of hydrogen-bond acceptors (Lipinski definition) is 5. The monoisotopic (exact) mass is 291 g/mol. The molecule has 7 heteroatoms. The van der Waals surface area contributed by atoms with Crippen LogP contribution < -0.4 is 5.73 Å². The van der Waals surface area contributed by atoms with Crippen molar-refractivity contribution in [2.75, 3.05) is 34.2 Å². The molecule has 0 bridgehead atoms. The normalized spacial score (nSPS) is 12.6. The molecule has 0 radical (unpaired) electrons. The Morgan fingerprint density at radius 2 is 1.94 bits per heavy atom. The second-order valence-electron chi connectivity index (χ2n) is 4.46. The zero-order valence-corrected chi connectivity index (χ0v) is 12.7. The van der Waals surface area contributed by atoms with Crippen molar-refractivity contribution in [3.05, 3.63) is 17.0 Å². The molecule has 0 atom stereocenters. The van der Waals surface area contributed by atoms with Gasteiger partial charge in [-0.15, -0.1) is 11.3 Å². The van der Waals surface area contributed by atoms with Crippen molar-refractivity contribution in [1.82, 2.24) is 9.21 Å². The predicted molar refractivity (Wildman–Crippen MR) is 75.2 cm³/mol. The van der Waals surface area contributed by atoms with Crippen molar-refractivity contribution >= 4 is 21.4 Å². The minimum absolute atomic E-state index is 0.371. The third-order valence-electron chi connectivity index (χ3n) is 2.61. The van der Waals surface area contributed by atoms with E-state index in [1.165, 1.54) is 15.6 Å². The molecular weight excluding hydrogens is 270 g/mol. The first-order valence-corrected chi connectivity index (χ1v) is 8.08. The van der Waals surface area contributed by atoms with Crippen molar-refractivity contribution in [2.45, 2.75) is 17.2 Å². The average Bonchev–Trinajstić information content (AvgIpc) is 2.77. The summed E-state index contributed by atoms with van der Waals surface area (Å²) in [6.45, 7) is 1.77. The van der Waals surface area contributed by atoms with Gasteiger partial charge >= 0.3 is 0 Å². The van der Waals surface area contributed by atoms with E-state index >= 15 is 0 Å². The number of nitrogens with zero attached hydrogens (tertiary/aromatic N) is 2. The number of hydrogen-bond donors (Lipinski definition) is 1. The Kier molecular flexibility index (Phi) is 5.74. The molecule has 1 aromatic heterocycles. The van der Waals surface area contributed by atoms with Crippen molar-refractivity contribution in [2.24, 2.45) is 5.73 Å². The SMILES string of the molecule is CN(C)CCCN(C)S(=O)(=O)c1cc(CN)cs1. The lowest BCUT2D eigenvalue weighted by Crippen LogP contribution is -2.29. The van der Waals surface area contributed by atoms with E-state index in [2.05, 4.69) is 0 Å². The lowest BCUT2D eigenvalue weighted by molar-refractivity contribution is 0.370. The second kappa shape index (κ2) is 6.63. The molecule has 1 aromatic rings. The Labute approximate surface area is 113 Å². The Morgan fingerprint density at radius 1 is 1.28 bits per heavy atom. The summed E-state index contributed by atoms with van der Waals surface area (Å²) in [5.74, 6) is 0. The molecule has 0 saturated heterocycles. The first-order valence-electron chi connectivity index (χ1n) is 5.76. The standard InChI is InChI=1S/C11H21N3O2S2/c1-13(2)5-4-6-14(3)18(15,16)11-7-10(8-12)9-17-11/h7,9H,4-6,8,12H2,1-3H3. The van der Waals surface area contributed by atoms with Crippen LogP contribution in [-0.2, 0) is 16.6 Å². The minimum atomic E-state index is -3.35. The fraction of sp³-hybridized carbons (Fsp3) is 0.636. The molecule has 0 aliphatic rings. The molecule has 0 aliphatic heterocycles. The lowest BCUT2D eigenvalue weighted by atomic mass is 10.4. The van der Waals surface area contributed by atoms with E-state index in [9.17, 15) is 8.42 Å². The van der Waals surface area contributed by atoms with Gasteiger partial charge in [-0.3, -0.25) is 0 Å². The summed E-state index contributed by atoms with van der Waals surface area (Å²) >= 11 is 1.23. The largest absolute Gasteiger partial charge is 0.326 e. The van der Waals surface area contributed by atoms with Crippen LogP contribution in [-0.4, -0.2) is 51.9 Å². The van der Waals surface area contributed by atoms with Gasteiger partial charge < -0.3 is 10.6 Å². The highest BCUT2D eigenvalue weighted by molar-refractivity contribution is 7.91. The zero-order valence-electron chi connectivity index (χ0n) is 11.1. The average molecular weight is 291 g/mol. The van der Waals surface area contributed by atoms with Crippen LogP contribution in [0.25, 0.3) is 0 Å². The summed E-state index contributed by atoms with van der Waals surface area (Å²) < 4.78 is 26.2. The summed E-state index contributed by atoms with van der Waals surface area (Å²) in [5, 5.41) is 1.79. The van der Waals surface area contributed by atoms with Crippen LogP contribution in [0, 0.1) is 0 Å². The van der Waals surface area contributed by atoms with Crippen LogP contribution in [0.4, 0.5) is 0 Å². The van der Waals surface area contributed by atoms with Gasteiger partial charge in [-0.1, -0.05) is 0 Å². The van der Waals surface area contributed by atoms with Crippen molar-refractivity contribution in [3.8, 4) is 0 Å². The van der Waals surface area contributed by atoms with Gasteiger partial charge in [0.05, 0.1) is 0 Å². The van der Waals surface area contributed by atoms with E-state index in [0.717, 1.165) is 18.5 Å².